The number of halogens is 1. The van der Waals surface area contributed by atoms with E-state index < -0.39 is 5.97 Å². The molecule has 0 bridgehead atoms. The lowest BCUT2D eigenvalue weighted by atomic mass is 10.1. The Morgan fingerprint density at radius 1 is 1.03 bits per heavy atom. The third-order valence-electron chi connectivity index (χ3n) is 4.88. The first-order valence-corrected chi connectivity index (χ1v) is 10.8. The van der Waals surface area contributed by atoms with Crippen LogP contribution in [0.15, 0.2) is 46.9 Å². The van der Waals surface area contributed by atoms with Crippen LogP contribution in [0.1, 0.15) is 29.6 Å². The zero-order valence-electron chi connectivity index (χ0n) is 17.2. The van der Waals surface area contributed by atoms with Gasteiger partial charge in [-0.25, -0.2) is 9.59 Å². The van der Waals surface area contributed by atoms with Crippen molar-refractivity contribution >= 4 is 50.9 Å². The third kappa shape index (κ3) is 6.45. The average Bonchev–Trinajstić information content (AvgIpc) is 3.29. The number of nitrogens with one attached hydrogen (secondary N) is 3. The summed E-state index contributed by atoms with van der Waals surface area (Å²) in [6.07, 6.45) is 2.27. The monoisotopic (exact) mass is 488 g/mol. The van der Waals surface area contributed by atoms with Crippen LogP contribution in [0.2, 0.25) is 0 Å². The molecular formula is C22H25BrN4O4. The molecule has 8 nitrogen and oxygen atoms in total. The van der Waals surface area contributed by atoms with Gasteiger partial charge in [0.15, 0.2) is 0 Å². The van der Waals surface area contributed by atoms with Crippen LogP contribution >= 0.6 is 15.9 Å². The zero-order chi connectivity index (χ0) is 22.2. The van der Waals surface area contributed by atoms with E-state index in [9.17, 15) is 14.4 Å². The summed E-state index contributed by atoms with van der Waals surface area (Å²) < 4.78 is 5.70. The number of methoxy groups -OCH3 is 1. The molecule has 0 spiro atoms. The van der Waals surface area contributed by atoms with Crippen molar-refractivity contribution in [2.45, 2.75) is 19.3 Å². The summed E-state index contributed by atoms with van der Waals surface area (Å²) in [5, 5.41) is 8.24. The second-order valence-corrected chi connectivity index (χ2v) is 8.02. The highest BCUT2D eigenvalue weighted by Crippen LogP contribution is 2.30. The number of esters is 1. The number of carbonyl (C=O) groups is 3. The summed E-state index contributed by atoms with van der Waals surface area (Å²) in [5.41, 5.74) is 2.46. The second kappa shape index (κ2) is 10.8. The molecule has 3 N–H and O–H groups in total. The van der Waals surface area contributed by atoms with Gasteiger partial charge in [0.25, 0.3) is 0 Å². The van der Waals surface area contributed by atoms with Crippen molar-refractivity contribution in [1.29, 1.82) is 0 Å². The maximum absolute atomic E-state index is 12.5. The molecule has 2 aromatic carbocycles. The van der Waals surface area contributed by atoms with Crippen LogP contribution < -0.4 is 20.9 Å². The standard InChI is InChI=1S/C22H25BrN4O4/c1-31-21(29)15-4-9-19(27-12-2-3-13-27)18(14-15)26-20(28)10-11-24-22(30)25-17-7-5-16(23)6-8-17/h4-9,14H,2-3,10-13H2,1H3,(H,26,28)(H2,24,25,30). The quantitative estimate of drug-likeness (QED) is 0.511. The fourth-order valence-corrected chi connectivity index (χ4v) is 3.59. The van der Waals surface area contributed by atoms with Crippen LogP contribution in [0.25, 0.3) is 0 Å². The average molecular weight is 489 g/mol. The van der Waals surface area contributed by atoms with Gasteiger partial charge in [0, 0.05) is 36.2 Å². The SMILES string of the molecule is COC(=O)c1ccc(N2CCCC2)c(NC(=O)CCNC(=O)Nc2ccc(Br)cc2)c1. The molecule has 0 unspecified atom stereocenters. The van der Waals surface area contributed by atoms with Gasteiger partial charge in [-0.3, -0.25) is 4.79 Å². The number of hydrogen-bond acceptors (Lipinski definition) is 5. The molecule has 0 aromatic heterocycles. The van der Waals surface area contributed by atoms with Gasteiger partial charge >= 0.3 is 12.0 Å². The highest BCUT2D eigenvalue weighted by molar-refractivity contribution is 9.10. The van der Waals surface area contributed by atoms with Crippen molar-refractivity contribution in [3.63, 3.8) is 0 Å². The summed E-state index contributed by atoms with van der Waals surface area (Å²) in [6, 6.07) is 12.0. The Bertz CT molecular complexity index is 943. The van der Waals surface area contributed by atoms with Crippen molar-refractivity contribution in [3.8, 4) is 0 Å². The Morgan fingerprint density at radius 3 is 2.42 bits per heavy atom. The van der Waals surface area contributed by atoms with Gasteiger partial charge in [-0.05, 0) is 55.3 Å². The Kier molecular flexibility index (Phi) is 7.88. The first kappa shape index (κ1) is 22.6. The first-order valence-electron chi connectivity index (χ1n) is 10.0. The number of hydrogen-bond donors (Lipinski definition) is 3. The van der Waals surface area contributed by atoms with Crippen molar-refractivity contribution in [1.82, 2.24) is 5.32 Å². The highest BCUT2D eigenvalue weighted by atomic mass is 79.9. The van der Waals surface area contributed by atoms with Crippen molar-refractivity contribution in [2.75, 3.05) is 42.3 Å². The molecule has 0 atom stereocenters. The topological polar surface area (TPSA) is 99.8 Å². The van der Waals surface area contributed by atoms with E-state index >= 15 is 0 Å². The Hall–Kier alpha value is -3.07. The molecular weight excluding hydrogens is 464 g/mol. The fraction of sp³-hybridized carbons (Fsp3) is 0.318. The van der Waals surface area contributed by atoms with E-state index in [1.165, 1.54) is 7.11 Å². The second-order valence-electron chi connectivity index (χ2n) is 7.10. The molecule has 9 heteroatoms. The van der Waals surface area contributed by atoms with Crippen molar-refractivity contribution < 1.29 is 19.1 Å². The molecule has 1 saturated heterocycles. The van der Waals surface area contributed by atoms with E-state index in [0.29, 0.717) is 16.9 Å². The molecule has 1 aliphatic rings. The van der Waals surface area contributed by atoms with Crippen LogP contribution in [0, 0.1) is 0 Å². The molecule has 1 fully saturated rings. The lowest BCUT2D eigenvalue weighted by molar-refractivity contribution is -0.116. The van der Waals surface area contributed by atoms with E-state index in [1.54, 1.807) is 24.3 Å². The van der Waals surface area contributed by atoms with Gasteiger partial charge in [-0.1, -0.05) is 15.9 Å². The van der Waals surface area contributed by atoms with Crippen LogP contribution in [0.4, 0.5) is 21.9 Å². The van der Waals surface area contributed by atoms with Crippen LogP contribution in [0.3, 0.4) is 0 Å². The maximum Gasteiger partial charge on any atom is 0.337 e. The summed E-state index contributed by atoms with van der Waals surface area (Å²) in [7, 11) is 1.32. The van der Waals surface area contributed by atoms with E-state index in [2.05, 4.69) is 36.8 Å². The lowest BCUT2D eigenvalue weighted by Crippen LogP contribution is -2.31. The predicted octanol–water partition coefficient (Wildman–Crippen LogP) is 3.99. The fourth-order valence-electron chi connectivity index (χ4n) is 3.33. The van der Waals surface area contributed by atoms with Gasteiger partial charge in [0.2, 0.25) is 5.91 Å². The number of ether oxygens (including phenoxy) is 1. The normalized spacial score (nSPS) is 12.9. The number of anilines is 3. The van der Waals surface area contributed by atoms with Gasteiger partial charge in [-0.2, -0.15) is 0 Å². The van der Waals surface area contributed by atoms with Gasteiger partial charge in [0.1, 0.15) is 0 Å². The number of carbonyl (C=O) groups excluding carboxylic acids is 3. The van der Waals surface area contributed by atoms with Gasteiger partial charge in [0.05, 0.1) is 24.0 Å². The molecule has 1 aliphatic heterocycles. The molecule has 164 valence electrons. The number of amides is 3. The minimum atomic E-state index is -0.463. The highest BCUT2D eigenvalue weighted by Gasteiger charge is 2.19. The largest absolute Gasteiger partial charge is 0.465 e. The number of benzene rings is 2. The van der Waals surface area contributed by atoms with Crippen LogP contribution in [-0.4, -0.2) is 44.7 Å². The van der Waals surface area contributed by atoms with E-state index in [1.807, 2.05) is 18.2 Å². The molecule has 0 aliphatic carbocycles. The first-order chi connectivity index (χ1) is 15.0. The summed E-state index contributed by atoms with van der Waals surface area (Å²) >= 11 is 3.34. The smallest absolute Gasteiger partial charge is 0.337 e. The molecule has 3 amide bonds. The minimum absolute atomic E-state index is 0.0929. The molecule has 3 rings (SSSR count). The molecule has 1 heterocycles. The van der Waals surface area contributed by atoms with Crippen LogP contribution in [-0.2, 0) is 9.53 Å². The van der Waals surface area contributed by atoms with E-state index in [4.69, 9.17) is 4.74 Å². The molecule has 0 radical (unpaired) electrons. The number of urea groups is 1. The van der Waals surface area contributed by atoms with Crippen LogP contribution in [0.5, 0.6) is 0 Å². The van der Waals surface area contributed by atoms with Gasteiger partial charge < -0.3 is 25.6 Å². The Balaban J connectivity index is 1.56. The Morgan fingerprint density at radius 2 is 1.74 bits per heavy atom. The molecule has 31 heavy (non-hydrogen) atoms. The third-order valence-corrected chi connectivity index (χ3v) is 5.41. The molecule has 0 saturated carbocycles. The maximum atomic E-state index is 12.5. The zero-order valence-corrected chi connectivity index (χ0v) is 18.8. The van der Waals surface area contributed by atoms with Crippen molar-refractivity contribution in [2.24, 2.45) is 0 Å². The van der Waals surface area contributed by atoms with Crippen molar-refractivity contribution in [3.05, 3.63) is 52.5 Å². The van der Waals surface area contributed by atoms with E-state index in [-0.39, 0.29) is 24.9 Å². The minimum Gasteiger partial charge on any atom is -0.465 e. The van der Waals surface area contributed by atoms with Gasteiger partial charge in [-0.15, -0.1) is 0 Å². The number of rotatable bonds is 7. The number of nitrogens with zero attached hydrogens (tertiary/aromatic N) is 1. The summed E-state index contributed by atoms with van der Waals surface area (Å²) in [4.78, 5) is 38.6. The van der Waals surface area contributed by atoms with E-state index in [0.717, 1.165) is 36.1 Å². The Labute approximate surface area is 189 Å². The molecule has 2 aromatic rings. The lowest BCUT2D eigenvalue weighted by Gasteiger charge is -2.22. The predicted molar refractivity (Wildman–Crippen MR) is 124 cm³/mol. The summed E-state index contributed by atoms with van der Waals surface area (Å²) in [5.74, 6) is -0.721. The summed E-state index contributed by atoms with van der Waals surface area (Å²) in [6.45, 7) is 1.97.